The van der Waals surface area contributed by atoms with E-state index >= 15 is 0 Å². The topological polar surface area (TPSA) is 76.4 Å². The molecule has 1 aromatic heterocycles. The van der Waals surface area contributed by atoms with Crippen LogP contribution in [0.4, 0.5) is 0 Å². The third-order valence-electron chi connectivity index (χ3n) is 4.30. The second kappa shape index (κ2) is 7.39. The largest absolute Gasteiger partial charge is 0.496 e. The van der Waals surface area contributed by atoms with Crippen LogP contribution in [-0.4, -0.2) is 39.8 Å². The smallest absolute Gasteiger partial charge is 0.321 e. The lowest BCUT2D eigenvalue weighted by Gasteiger charge is -2.16. The van der Waals surface area contributed by atoms with Crippen molar-refractivity contribution in [2.75, 3.05) is 12.9 Å². The number of aliphatic carboxylic acids is 1. The molecule has 1 aliphatic rings. The third kappa shape index (κ3) is 3.70. The summed E-state index contributed by atoms with van der Waals surface area (Å²) in [5.41, 5.74) is 4.07. The Hall–Kier alpha value is -1.51. The first-order valence-electron chi connectivity index (χ1n) is 7.87. The molecule has 134 valence electrons. The summed E-state index contributed by atoms with van der Waals surface area (Å²) in [5.74, 6) is 0.549. The van der Waals surface area contributed by atoms with E-state index in [-0.39, 0.29) is 5.37 Å². The molecule has 8 heteroatoms. The normalized spacial score (nSPS) is 20.0. The predicted octanol–water partition coefficient (Wildman–Crippen LogP) is 3.11. The number of methoxy groups -OCH3 is 1. The molecule has 0 spiro atoms. The van der Waals surface area contributed by atoms with E-state index in [1.54, 1.807) is 18.9 Å². The fourth-order valence-corrected chi connectivity index (χ4v) is 4.39. The van der Waals surface area contributed by atoms with Crippen LogP contribution in [0, 0.1) is 13.8 Å². The Labute approximate surface area is 159 Å². The number of hydrogen-bond acceptors (Lipinski definition) is 5. The molecule has 1 aliphatic heterocycles. The molecule has 25 heavy (non-hydrogen) atoms. The van der Waals surface area contributed by atoms with Gasteiger partial charge in [-0.15, -0.1) is 11.8 Å². The van der Waals surface area contributed by atoms with Crippen molar-refractivity contribution in [2.45, 2.75) is 31.8 Å². The fourth-order valence-electron chi connectivity index (χ4n) is 2.88. The van der Waals surface area contributed by atoms with Crippen molar-refractivity contribution in [2.24, 2.45) is 0 Å². The van der Waals surface area contributed by atoms with E-state index in [0.717, 1.165) is 32.7 Å². The molecule has 1 aromatic carbocycles. The molecule has 0 unspecified atom stereocenters. The van der Waals surface area contributed by atoms with Crippen LogP contribution in [-0.2, 0) is 11.3 Å². The molecule has 6 nitrogen and oxygen atoms in total. The van der Waals surface area contributed by atoms with Crippen LogP contribution in [0.3, 0.4) is 0 Å². The van der Waals surface area contributed by atoms with E-state index < -0.39 is 12.0 Å². The highest BCUT2D eigenvalue weighted by Gasteiger charge is 2.30. The molecule has 2 heterocycles. The fraction of sp³-hybridized carbons (Fsp3) is 0.412. The van der Waals surface area contributed by atoms with Gasteiger partial charge >= 0.3 is 5.97 Å². The molecule has 1 fully saturated rings. The van der Waals surface area contributed by atoms with E-state index in [4.69, 9.17) is 9.84 Å². The first-order valence-corrected chi connectivity index (χ1v) is 9.71. The quantitative estimate of drug-likeness (QED) is 0.766. The van der Waals surface area contributed by atoms with Gasteiger partial charge in [-0.2, -0.15) is 5.10 Å². The van der Waals surface area contributed by atoms with Gasteiger partial charge in [-0.3, -0.25) is 14.8 Å². The van der Waals surface area contributed by atoms with Gasteiger partial charge in [-0.05, 0) is 47.5 Å². The number of carboxylic acid groups (broad SMARTS) is 1. The van der Waals surface area contributed by atoms with E-state index in [2.05, 4.69) is 32.4 Å². The first-order chi connectivity index (χ1) is 11.9. The Bertz CT molecular complexity index is 809. The molecule has 0 bridgehead atoms. The number of rotatable bonds is 5. The van der Waals surface area contributed by atoms with Crippen LogP contribution in [0.15, 0.2) is 22.7 Å². The number of nitrogens with one attached hydrogen (secondary N) is 1. The molecule has 2 N–H and O–H groups in total. The summed E-state index contributed by atoms with van der Waals surface area (Å²) in [6.07, 6.45) is 0. The number of nitrogens with zero attached hydrogens (tertiary/aromatic N) is 2. The Morgan fingerprint density at radius 1 is 1.52 bits per heavy atom. The maximum absolute atomic E-state index is 11.1. The summed E-state index contributed by atoms with van der Waals surface area (Å²) in [7, 11) is 1.65. The van der Waals surface area contributed by atoms with Gasteiger partial charge in [0.25, 0.3) is 0 Å². The number of thioether (sulfide) groups is 1. The highest BCUT2D eigenvalue weighted by molar-refractivity contribution is 9.10. The number of halogens is 1. The molecular formula is C17H20BrN3O3S. The maximum atomic E-state index is 11.1. The molecule has 1 saturated heterocycles. The van der Waals surface area contributed by atoms with Crippen LogP contribution < -0.4 is 10.1 Å². The molecule has 2 atom stereocenters. The van der Waals surface area contributed by atoms with Crippen molar-refractivity contribution in [1.29, 1.82) is 0 Å². The van der Waals surface area contributed by atoms with Crippen LogP contribution >= 0.6 is 27.7 Å². The van der Waals surface area contributed by atoms with Crippen LogP contribution in [0.1, 0.15) is 27.9 Å². The number of carbonyl (C=O) groups is 1. The van der Waals surface area contributed by atoms with Gasteiger partial charge in [0.15, 0.2) is 0 Å². The number of benzene rings is 1. The van der Waals surface area contributed by atoms with E-state index in [1.165, 1.54) is 0 Å². The second-order valence-corrected chi connectivity index (χ2v) is 7.92. The molecule has 3 rings (SSSR count). The number of hydrogen-bond donors (Lipinski definition) is 2. The Balaban J connectivity index is 1.88. The van der Waals surface area contributed by atoms with Crippen molar-refractivity contribution in [3.63, 3.8) is 0 Å². The summed E-state index contributed by atoms with van der Waals surface area (Å²) in [5, 5.41) is 16.8. The van der Waals surface area contributed by atoms with Crippen molar-refractivity contribution in [3.8, 4) is 5.75 Å². The zero-order valence-electron chi connectivity index (χ0n) is 14.2. The van der Waals surface area contributed by atoms with E-state index in [0.29, 0.717) is 12.3 Å². The second-order valence-electron chi connectivity index (χ2n) is 5.98. The zero-order valence-corrected chi connectivity index (χ0v) is 16.6. The Morgan fingerprint density at radius 3 is 2.84 bits per heavy atom. The van der Waals surface area contributed by atoms with Crippen molar-refractivity contribution in [1.82, 2.24) is 15.1 Å². The van der Waals surface area contributed by atoms with Gasteiger partial charge in [0.2, 0.25) is 0 Å². The van der Waals surface area contributed by atoms with Gasteiger partial charge in [0.05, 0.1) is 34.9 Å². The average Bonchev–Trinajstić information content (AvgIpc) is 3.17. The minimum absolute atomic E-state index is 0.0297. The van der Waals surface area contributed by atoms with Gasteiger partial charge < -0.3 is 9.84 Å². The minimum Gasteiger partial charge on any atom is -0.496 e. The van der Waals surface area contributed by atoms with Gasteiger partial charge in [-0.1, -0.05) is 6.07 Å². The van der Waals surface area contributed by atoms with Gasteiger partial charge in [0.1, 0.15) is 11.8 Å². The molecule has 0 aliphatic carbocycles. The van der Waals surface area contributed by atoms with Crippen molar-refractivity contribution < 1.29 is 14.6 Å². The summed E-state index contributed by atoms with van der Waals surface area (Å²) in [6, 6.07) is 5.47. The Kier molecular flexibility index (Phi) is 5.41. The standard InChI is InChI=1S/C17H20BrN3O3S/c1-9-15(18)10(2)21(20-9)7-12-6-11(4-5-14(12)24-3)16-19-13(8-25-16)17(22)23/h4-6,13,16,19H,7-8H2,1-3H3,(H,22,23)/t13-,16+/m0/s1. The highest BCUT2D eigenvalue weighted by Crippen LogP contribution is 2.35. The first kappa shape index (κ1) is 18.3. The average molecular weight is 426 g/mol. The van der Waals surface area contributed by atoms with Gasteiger partial charge in [-0.25, -0.2) is 0 Å². The SMILES string of the molecule is COc1ccc([C@@H]2N[C@H](C(=O)O)CS2)cc1Cn1nc(C)c(Br)c1C. The number of aromatic nitrogens is 2. The minimum atomic E-state index is -0.809. The number of ether oxygens (including phenoxy) is 1. The number of carboxylic acids is 1. The van der Waals surface area contributed by atoms with E-state index in [9.17, 15) is 4.79 Å². The number of aryl methyl sites for hydroxylation is 1. The van der Waals surface area contributed by atoms with Crippen LogP contribution in [0.5, 0.6) is 5.75 Å². The van der Waals surface area contributed by atoms with Crippen molar-refractivity contribution in [3.05, 3.63) is 45.2 Å². The highest BCUT2D eigenvalue weighted by atomic mass is 79.9. The maximum Gasteiger partial charge on any atom is 0.321 e. The summed E-state index contributed by atoms with van der Waals surface area (Å²) < 4.78 is 8.45. The third-order valence-corrected chi connectivity index (χ3v) is 6.72. The summed E-state index contributed by atoms with van der Waals surface area (Å²) >= 11 is 5.16. The monoisotopic (exact) mass is 425 g/mol. The lowest BCUT2D eigenvalue weighted by molar-refractivity contribution is -0.138. The molecule has 0 radical (unpaired) electrons. The van der Waals surface area contributed by atoms with E-state index in [1.807, 2.05) is 30.7 Å². The zero-order chi connectivity index (χ0) is 18.1. The summed E-state index contributed by atoms with van der Waals surface area (Å²) in [6.45, 7) is 4.58. The summed E-state index contributed by atoms with van der Waals surface area (Å²) in [4.78, 5) is 11.1. The van der Waals surface area contributed by atoms with Crippen LogP contribution in [0.25, 0.3) is 0 Å². The molecule has 0 saturated carbocycles. The lowest BCUT2D eigenvalue weighted by Crippen LogP contribution is -2.33. The lowest BCUT2D eigenvalue weighted by atomic mass is 10.1. The Morgan fingerprint density at radius 2 is 2.28 bits per heavy atom. The molecule has 0 amide bonds. The van der Waals surface area contributed by atoms with Crippen molar-refractivity contribution >= 4 is 33.7 Å². The molecule has 2 aromatic rings. The molecular weight excluding hydrogens is 406 g/mol. The van der Waals surface area contributed by atoms with Gasteiger partial charge in [0, 0.05) is 11.3 Å². The predicted molar refractivity (Wildman–Crippen MR) is 101 cm³/mol. The van der Waals surface area contributed by atoms with Crippen LogP contribution in [0.2, 0.25) is 0 Å².